The summed E-state index contributed by atoms with van der Waals surface area (Å²) >= 11 is 5.77. The molecule has 0 unspecified atom stereocenters. The quantitative estimate of drug-likeness (QED) is 0.872. The maximum Gasteiger partial charge on any atom is 0.338 e. The average molecular weight is 322 g/mol. The van der Waals surface area contributed by atoms with Crippen molar-refractivity contribution < 1.29 is 18.7 Å². The fourth-order valence-corrected chi connectivity index (χ4v) is 1.88. The van der Waals surface area contributed by atoms with Crippen LogP contribution in [0.1, 0.15) is 22.8 Å². The molecule has 2 rings (SSSR count). The van der Waals surface area contributed by atoms with Crippen molar-refractivity contribution in [3.8, 4) is 0 Å². The molecule has 2 aromatic carbocycles. The van der Waals surface area contributed by atoms with Crippen LogP contribution < -0.4 is 5.32 Å². The van der Waals surface area contributed by atoms with Crippen LogP contribution in [0.2, 0.25) is 5.02 Å². The Bertz CT molecular complexity index is 701. The number of nitrogens with one attached hydrogen (secondary N) is 1. The lowest BCUT2D eigenvalue weighted by atomic mass is 10.2. The van der Waals surface area contributed by atoms with Gasteiger partial charge in [-0.05, 0) is 35.9 Å². The predicted molar refractivity (Wildman–Crippen MR) is 81.3 cm³/mol. The van der Waals surface area contributed by atoms with Crippen LogP contribution in [0.3, 0.4) is 0 Å². The van der Waals surface area contributed by atoms with Gasteiger partial charge in [0.2, 0.25) is 5.91 Å². The minimum atomic E-state index is -0.621. The third-order valence-electron chi connectivity index (χ3n) is 2.80. The number of esters is 1. The Morgan fingerprint density at radius 1 is 1.18 bits per heavy atom. The van der Waals surface area contributed by atoms with Crippen molar-refractivity contribution in [3.05, 3.63) is 64.4 Å². The van der Waals surface area contributed by atoms with Crippen LogP contribution in [0.4, 0.5) is 10.1 Å². The molecular weight excluding hydrogens is 309 g/mol. The van der Waals surface area contributed by atoms with E-state index in [4.69, 9.17) is 16.3 Å². The molecule has 22 heavy (non-hydrogen) atoms. The maximum absolute atomic E-state index is 13.5. The maximum atomic E-state index is 13.5. The second-order valence-electron chi connectivity index (χ2n) is 4.58. The number of rotatable bonds is 4. The molecule has 0 saturated heterocycles. The van der Waals surface area contributed by atoms with E-state index in [-0.39, 0.29) is 17.9 Å². The molecule has 2 aromatic rings. The van der Waals surface area contributed by atoms with Crippen LogP contribution in [0.25, 0.3) is 0 Å². The molecular formula is C16H13ClFNO3. The second kappa shape index (κ2) is 7.04. The van der Waals surface area contributed by atoms with Gasteiger partial charge in [-0.2, -0.15) is 0 Å². The van der Waals surface area contributed by atoms with E-state index in [9.17, 15) is 14.0 Å². The van der Waals surface area contributed by atoms with Gasteiger partial charge in [-0.3, -0.25) is 4.79 Å². The van der Waals surface area contributed by atoms with Gasteiger partial charge in [0.25, 0.3) is 0 Å². The number of amides is 1. The van der Waals surface area contributed by atoms with Crippen LogP contribution in [0, 0.1) is 5.82 Å². The fraction of sp³-hybridized carbons (Fsp3) is 0.125. The number of benzene rings is 2. The van der Waals surface area contributed by atoms with Crippen LogP contribution in [-0.2, 0) is 16.1 Å². The lowest BCUT2D eigenvalue weighted by Crippen LogP contribution is -2.10. The standard InChI is InChI=1S/C16H13ClFNO3/c1-10(20)19-15-8-12(4-7-14(15)18)16(21)22-9-11-2-5-13(17)6-3-11/h2-8H,9H2,1H3,(H,19,20). The Balaban J connectivity index is 2.06. The molecule has 114 valence electrons. The molecule has 6 heteroatoms. The first-order valence-electron chi connectivity index (χ1n) is 6.44. The summed E-state index contributed by atoms with van der Waals surface area (Å²) in [6.07, 6.45) is 0. The molecule has 1 amide bonds. The predicted octanol–water partition coefficient (Wildman–Crippen LogP) is 3.79. The number of hydrogen-bond acceptors (Lipinski definition) is 3. The highest BCUT2D eigenvalue weighted by Crippen LogP contribution is 2.17. The molecule has 0 heterocycles. The summed E-state index contributed by atoms with van der Waals surface area (Å²) in [5.74, 6) is -1.66. The van der Waals surface area contributed by atoms with E-state index >= 15 is 0 Å². The van der Waals surface area contributed by atoms with Crippen molar-refractivity contribution in [2.45, 2.75) is 13.5 Å². The van der Waals surface area contributed by atoms with Gasteiger partial charge in [0.1, 0.15) is 12.4 Å². The molecule has 0 aliphatic rings. The summed E-state index contributed by atoms with van der Waals surface area (Å²) in [6.45, 7) is 1.33. The van der Waals surface area contributed by atoms with Crippen LogP contribution in [-0.4, -0.2) is 11.9 Å². The molecule has 0 aromatic heterocycles. The zero-order valence-electron chi connectivity index (χ0n) is 11.7. The highest BCUT2D eigenvalue weighted by atomic mass is 35.5. The summed E-state index contributed by atoms with van der Waals surface area (Å²) in [7, 11) is 0. The third-order valence-corrected chi connectivity index (χ3v) is 3.05. The van der Waals surface area contributed by atoms with Gasteiger partial charge in [0.05, 0.1) is 11.3 Å². The molecule has 4 nitrogen and oxygen atoms in total. The molecule has 0 aliphatic carbocycles. The Morgan fingerprint density at radius 2 is 1.86 bits per heavy atom. The summed E-state index contributed by atoms with van der Waals surface area (Å²) in [4.78, 5) is 22.9. The van der Waals surface area contributed by atoms with Gasteiger partial charge in [0, 0.05) is 11.9 Å². The first-order valence-corrected chi connectivity index (χ1v) is 6.82. The van der Waals surface area contributed by atoms with Crippen LogP contribution in [0.15, 0.2) is 42.5 Å². The average Bonchev–Trinajstić information content (AvgIpc) is 2.48. The molecule has 0 spiro atoms. The Morgan fingerprint density at radius 3 is 2.50 bits per heavy atom. The topological polar surface area (TPSA) is 55.4 Å². The van der Waals surface area contributed by atoms with Crippen molar-refractivity contribution in [3.63, 3.8) is 0 Å². The molecule has 0 atom stereocenters. The van der Waals surface area contributed by atoms with Crippen molar-refractivity contribution in [2.24, 2.45) is 0 Å². The number of ether oxygens (including phenoxy) is 1. The SMILES string of the molecule is CC(=O)Nc1cc(C(=O)OCc2ccc(Cl)cc2)ccc1F. The number of anilines is 1. The fourth-order valence-electron chi connectivity index (χ4n) is 1.75. The van der Waals surface area contributed by atoms with Crippen LogP contribution in [0.5, 0.6) is 0 Å². The highest BCUT2D eigenvalue weighted by Gasteiger charge is 2.12. The lowest BCUT2D eigenvalue weighted by molar-refractivity contribution is -0.114. The third kappa shape index (κ3) is 4.30. The van der Waals surface area contributed by atoms with Gasteiger partial charge in [-0.15, -0.1) is 0 Å². The van der Waals surface area contributed by atoms with Gasteiger partial charge in [-0.25, -0.2) is 9.18 Å². The van der Waals surface area contributed by atoms with E-state index in [0.717, 1.165) is 11.6 Å². The van der Waals surface area contributed by atoms with E-state index in [0.29, 0.717) is 5.02 Å². The van der Waals surface area contributed by atoms with Crippen molar-refractivity contribution in [1.29, 1.82) is 0 Å². The second-order valence-corrected chi connectivity index (χ2v) is 5.01. The van der Waals surface area contributed by atoms with Crippen molar-refractivity contribution >= 4 is 29.2 Å². The monoisotopic (exact) mass is 321 g/mol. The number of carbonyl (C=O) groups excluding carboxylic acids is 2. The van der Waals surface area contributed by atoms with Crippen LogP contribution >= 0.6 is 11.6 Å². The molecule has 0 fully saturated rings. The molecule has 1 N–H and O–H groups in total. The summed E-state index contributed by atoms with van der Waals surface area (Å²) in [5.41, 5.74) is 0.870. The number of carbonyl (C=O) groups is 2. The molecule has 0 aliphatic heterocycles. The van der Waals surface area contributed by atoms with Gasteiger partial charge in [-0.1, -0.05) is 23.7 Å². The smallest absolute Gasteiger partial charge is 0.338 e. The van der Waals surface area contributed by atoms with E-state index in [1.807, 2.05) is 0 Å². The summed E-state index contributed by atoms with van der Waals surface area (Å²) in [5, 5.41) is 2.90. The first-order chi connectivity index (χ1) is 10.5. The zero-order chi connectivity index (χ0) is 16.1. The summed E-state index contributed by atoms with van der Waals surface area (Å²) < 4.78 is 18.6. The van der Waals surface area contributed by atoms with Gasteiger partial charge >= 0.3 is 5.97 Å². The Kier molecular flexibility index (Phi) is 5.12. The molecule has 0 bridgehead atoms. The first kappa shape index (κ1) is 16.0. The van der Waals surface area contributed by atoms with Gasteiger partial charge in [0.15, 0.2) is 0 Å². The molecule has 0 saturated carbocycles. The Hall–Kier alpha value is -2.40. The Labute approximate surface area is 131 Å². The lowest BCUT2D eigenvalue weighted by Gasteiger charge is -2.08. The summed E-state index contributed by atoms with van der Waals surface area (Å²) in [6, 6.07) is 10.5. The number of hydrogen-bond donors (Lipinski definition) is 1. The molecule has 0 radical (unpaired) electrons. The minimum Gasteiger partial charge on any atom is -0.457 e. The van der Waals surface area contributed by atoms with E-state index in [2.05, 4.69) is 5.32 Å². The van der Waals surface area contributed by atoms with Crippen molar-refractivity contribution in [1.82, 2.24) is 0 Å². The number of halogens is 2. The van der Waals surface area contributed by atoms with E-state index in [1.165, 1.54) is 19.1 Å². The van der Waals surface area contributed by atoms with E-state index < -0.39 is 17.7 Å². The highest BCUT2D eigenvalue weighted by molar-refractivity contribution is 6.30. The van der Waals surface area contributed by atoms with E-state index in [1.54, 1.807) is 24.3 Å². The van der Waals surface area contributed by atoms with Gasteiger partial charge < -0.3 is 10.1 Å². The van der Waals surface area contributed by atoms with Crippen molar-refractivity contribution in [2.75, 3.05) is 5.32 Å². The zero-order valence-corrected chi connectivity index (χ0v) is 12.5. The normalized spacial score (nSPS) is 10.1. The largest absolute Gasteiger partial charge is 0.457 e. The minimum absolute atomic E-state index is 0.0616.